The first kappa shape index (κ1) is 22.0. The molecule has 3 atom stereocenters. The Bertz CT molecular complexity index is 441. The van der Waals surface area contributed by atoms with Gasteiger partial charge in [0.1, 0.15) is 0 Å². The minimum Gasteiger partial charge on any atom is -0.481 e. The summed E-state index contributed by atoms with van der Waals surface area (Å²) >= 11 is 1.70. The second-order valence-electron chi connectivity index (χ2n) is 6.92. The van der Waals surface area contributed by atoms with Gasteiger partial charge >= 0.3 is 5.97 Å². The van der Waals surface area contributed by atoms with Gasteiger partial charge in [-0.1, -0.05) is 45.3 Å². The molecule has 1 aliphatic heterocycles. The second-order valence-corrected chi connectivity index (χ2v) is 8.07. The van der Waals surface area contributed by atoms with Crippen LogP contribution in [0.3, 0.4) is 0 Å². The number of carboxylic acid groups (broad SMARTS) is 1. The van der Waals surface area contributed by atoms with Gasteiger partial charge in [0.25, 0.3) is 0 Å². The van der Waals surface area contributed by atoms with Crippen molar-refractivity contribution in [3.63, 3.8) is 0 Å². The number of aliphatic carboxylic acids is 1. The lowest BCUT2D eigenvalue weighted by molar-refractivity contribution is -0.137. The molecule has 5 nitrogen and oxygen atoms in total. The van der Waals surface area contributed by atoms with E-state index in [1.54, 1.807) is 11.8 Å². The second kappa shape index (κ2) is 12.4. The highest BCUT2D eigenvalue weighted by atomic mass is 32.2. The van der Waals surface area contributed by atoms with Crippen LogP contribution in [0.4, 0.5) is 0 Å². The lowest BCUT2D eigenvalue weighted by Gasteiger charge is -2.23. The first-order valence-electron chi connectivity index (χ1n) is 9.39. The van der Waals surface area contributed by atoms with E-state index in [1.807, 2.05) is 24.0 Å². The van der Waals surface area contributed by atoms with Crippen LogP contribution in [-0.2, 0) is 9.59 Å². The molecule has 0 aromatic carbocycles. The fourth-order valence-electron chi connectivity index (χ4n) is 3.01. The van der Waals surface area contributed by atoms with Crippen molar-refractivity contribution in [1.29, 1.82) is 0 Å². The largest absolute Gasteiger partial charge is 0.481 e. The zero-order chi connectivity index (χ0) is 18.7. The van der Waals surface area contributed by atoms with E-state index in [0.29, 0.717) is 13.0 Å². The van der Waals surface area contributed by atoms with Crippen LogP contribution in [0.2, 0.25) is 0 Å². The van der Waals surface area contributed by atoms with Crippen LogP contribution in [0.1, 0.15) is 58.8 Å². The minimum atomic E-state index is -0.759. The monoisotopic (exact) mass is 371 g/mol. The highest BCUT2D eigenvalue weighted by Gasteiger charge is 2.28. The molecule has 0 spiro atoms. The third kappa shape index (κ3) is 9.31. The number of carboxylic acids is 1. The Labute approximate surface area is 155 Å². The fraction of sp³-hybridized carbons (Fsp3) is 0.789. The highest BCUT2D eigenvalue weighted by molar-refractivity contribution is 7.99. The SMILES string of the molecule is CCCCC[C@H](O)/C=C/[C@H]1CCC(=O)N1CCSCC(C)CC(=O)O. The number of carbonyl (C=O) groups is 2. The Kier molecular flexibility index (Phi) is 10.9. The molecule has 1 aliphatic rings. The maximum atomic E-state index is 12.1. The zero-order valence-electron chi connectivity index (χ0n) is 15.5. The summed E-state index contributed by atoms with van der Waals surface area (Å²) in [4.78, 5) is 24.6. The molecule has 6 heteroatoms. The molecule has 144 valence electrons. The van der Waals surface area contributed by atoms with Gasteiger partial charge in [-0.2, -0.15) is 11.8 Å². The summed E-state index contributed by atoms with van der Waals surface area (Å²) in [6, 6.07) is 0.0883. The number of likely N-dealkylation sites (tertiary alicyclic amines) is 1. The smallest absolute Gasteiger partial charge is 0.303 e. The van der Waals surface area contributed by atoms with Gasteiger partial charge in [-0.25, -0.2) is 0 Å². The van der Waals surface area contributed by atoms with Gasteiger partial charge in [-0.05, 0) is 24.5 Å². The van der Waals surface area contributed by atoms with E-state index in [0.717, 1.165) is 43.6 Å². The van der Waals surface area contributed by atoms with E-state index in [4.69, 9.17) is 5.11 Å². The number of amides is 1. The summed E-state index contributed by atoms with van der Waals surface area (Å²) in [7, 11) is 0. The molecule has 1 saturated heterocycles. The molecule has 1 heterocycles. The number of aliphatic hydroxyl groups is 1. The predicted octanol–water partition coefficient (Wildman–Crippen LogP) is 3.32. The van der Waals surface area contributed by atoms with Crippen LogP contribution in [0.5, 0.6) is 0 Å². The number of hydrogen-bond acceptors (Lipinski definition) is 4. The van der Waals surface area contributed by atoms with Crippen LogP contribution in [0.25, 0.3) is 0 Å². The van der Waals surface area contributed by atoms with E-state index in [9.17, 15) is 14.7 Å². The van der Waals surface area contributed by atoms with E-state index in [-0.39, 0.29) is 24.3 Å². The van der Waals surface area contributed by atoms with Crippen molar-refractivity contribution in [1.82, 2.24) is 4.90 Å². The molecule has 0 radical (unpaired) electrons. The predicted molar refractivity (Wildman–Crippen MR) is 103 cm³/mol. The maximum Gasteiger partial charge on any atom is 0.303 e. The van der Waals surface area contributed by atoms with Crippen molar-refractivity contribution in [2.24, 2.45) is 5.92 Å². The van der Waals surface area contributed by atoms with Crippen molar-refractivity contribution >= 4 is 23.6 Å². The van der Waals surface area contributed by atoms with E-state index >= 15 is 0 Å². The summed E-state index contributed by atoms with van der Waals surface area (Å²) < 4.78 is 0. The molecule has 0 saturated carbocycles. The zero-order valence-corrected chi connectivity index (χ0v) is 16.3. The van der Waals surface area contributed by atoms with E-state index < -0.39 is 12.1 Å². The number of nitrogens with zero attached hydrogens (tertiary/aromatic N) is 1. The Morgan fingerprint density at radius 1 is 1.44 bits per heavy atom. The minimum absolute atomic E-state index is 0.0883. The number of hydrogen-bond donors (Lipinski definition) is 2. The van der Waals surface area contributed by atoms with Crippen molar-refractivity contribution < 1.29 is 19.8 Å². The van der Waals surface area contributed by atoms with Crippen LogP contribution in [0.15, 0.2) is 12.2 Å². The topological polar surface area (TPSA) is 77.8 Å². The fourth-order valence-corrected chi connectivity index (χ4v) is 4.02. The van der Waals surface area contributed by atoms with Gasteiger partial charge in [0.2, 0.25) is 5.91 Å². The molecule has 1 rings (SSSR count). The molecule has 25 heavy (non-hydrogen) atoms. The van der Waals surface area contributed by atoms with Crippen molar-refractivity contribution in [2.45, 2.75) is 70.9 Å². The summed E-state index contributed by atoms with van der Waals surface area (Å²) in [6.07, 6.45) is 9.07. The third-order valence-electron chi connectivity index (χ3n) is 4.44. The summed E-state index contributed by atoms with van der Waals surface area (Å²) in [5.74, 6) is 1.18. The van der Waals surface area contributed by atoms with Crippen LogP contribution < -0.4 is 0 Å². The standard InChI is InChI=1S/C19H33NO4S/c1-3-4-5-6-17(21)9-7-16-8-10-18(22)20(16)11-12-25-14-15(2)13-19(23)24/h7,9,15-17,21H,3-6,8,10-14H2,1-2H3,(H,23,24)/b9-7+/t15?,16-,17-/m0/s1. The molecule has 0 bridgehead atoms. The molecular weight excluding hydrogens is 338 g/mol. The number of unbranched alkanes of at least 4 members (excludes halogenated alkanes) is 2. The summed E-state index contributed by atoms with van der Waals surface area (Å²) in [6.45, 7) is 4.77. The Morgan fingerprint density at radius 3 is 2.88 bits per heavy atom. The van der Waals surface area contributed by atoms with Crippen LogP contribution in [-0.4, -0.2) is 57.2 Å². The van der Waals surface area contributed by atoms with E-state index in [1.165, 1.54) is 0 Å². The molecule has 2 N–H and O–H groups in total. The van der Waals surface area contributed by atoms with Crippen molar-refractivity contribution in [3.05, 3.63) is 12.2 Å². The molecule has 0 aliphatic carbocycles. The number of carbonyl (C=O) groups excluding carboxylic acids is 1. The first-order valence-corrected chi connectivity index (χ1v) is 10.5. The van der Waals surface area contributed by atoms with Gasteiger partial charge in [0.05, 0.1) is 12.1 Å². The number of thioether (sulfide) groups is 1. The molecular formula is C19H33NO4S. The van der Waals surface area contributed by atoms with Gasteiger partial charge in [0, 0.05) is 25.1 Å². The maximum absolute atomic E-state index is 12.1. The van der Waals surface area contributed by atoms with Gasteiger partial charge in [-0.15, -0.1) is 0 Å². The molecule has 0 aromatic rings. The lowest BCUT2D eigenvalue weighted by Crippen LogP contribution is -2.34. The van der Waals surface area contributed by atoms with Crippen LogP contribution in [0, 0.1) is 5.92 Å². The normalized spacial score (nSPS) is 20.4. The molecule has 0 aromatic heterocycles. The summed E-state index contributed by atoms with van der Waals surface area (Å²) in [5, 5.41) is 18.8. The van der Waals surface area contributed by atoms with Gasteiger partial charge in [-0.3, -0.25) is 9.59 Å². The average molecular weight is 372 g/mol. The van der Waals surface area contributed by atoms with Crippen molar-refractivity contribution in [3.8, 4) is 0 Å². The van der Waals surface area contributed by atoms with Crippen molar-refractivity contribution in [2.75, 3.05) is 18.1 Å². The van der Waals surface area contributed by atoms with Gasteiger partial charge in [0.15, 0.2) is 0 Å². The van der Waals surface area contributed by atoms with Gasteiger partial charge < -0.3 is 15.1 Å². The third-order valence-corrected chi connectivity index (χ3v) is 5.71. The number of aliphatic hydroxyl groups excluding tert-OH is 1. The quantitative estimate of drug-likeness (QED) is 0.384. The molecule has 1 amide bonds. The lowest BCUT2D eigenvalue weighted by atomic mass is 10.1. The molecule has 1 fully saturated rings. The van der Waals surface area contributed by atoms with Crippen LogP contribution >= 0.6 is 11.8 Å². The average Bonchev–Trinajstić information content (AvgIpc) is 2.89. The Balaban J connectivity index is 2.33. The Morgan fingerprint density at radius 2 is 2.20 bits per heavy atom. The Hall–Kier alpha value is -1.01. The first-order chi connectivity index (χ1) is 11.9. The van der Waals surface area contributed by atoms with E-state index in [2.05, 4.69) is 6.92 Å². The summed E-state index contributed by atoms with van der Waals surface area (Å²) in [5.41, 5.74) is 0. The highest BCUT2D eigenvalue weighted by Crippen LogP contribution is 2.21. The molecule has 1 unspecified atom stereocenters. The number of rotatable bonds is 13.